The van der Waals surface area contributed by atoms with Crippen molar-refractivity contribution in [2.24, 2.45) is 0 Å². The molecule has 3 rings (SSSR count). The summed E-state index contributed by atoms with van der Waals surface area (Å²) in [5.41, 5.74) is 1.12. The second kappa shape index (κ2) is 7.70. The number of aromatic nitrogens is 2. The lowest BCUT2D eigenvalue weighted by Gasteiger charge is -2.07. The Bertz CT molecular complexity index is 839. The third-order valence-corrected chi connectivity index (χ3v) is 4.45. The highest BCUT2D eigenvalue weighted by Crippen LogP contribution is 2.26. The molecule has 3 aromatic rings. The molecule has 0 fully saturated rings. The van der Waals surface area contributed by atoms with E-state index in [4.69, 9.17) is 27.6 Å². The van der Waals surface area contributed by atoms with Crippen LogP contribution in [-0.2, 0) is 4.79 Å². The Morgan fingerprint density at radius 2 is 2.04 bits per heavy atom. The average molecular weight is 380 g/mol. The van der Waals surface area contributed by atoms with E-state index in [0.717, 1.165) is 0 Å². The zero-order valence-electron chi connectivity index (χ0n) is 12.2. The van der Waals surface area contributed by atoms with Gasteiger partial charge in [-0.2, -0.15) is 0 Å². The fourth-order valence-electron chi connectivity index (χ4n) is 1.87. The van der Waals surface area contributed by atoms with E-state index in [0.29, 0.717) is 32.2 Å². The first kappa shape index (κ1) is 16.8. The maximum absolute atomic E-state index is 12.0. The number of benzene rings is 1. The van der Waals surface area contributed by atoms with Gasteiger partial charge in [0.2, 0.25) is 5.91 Å². The molecule has 0 radical (unpaired) electrons. The topological polar surface area (TPSA) is 68.0 Å². The first-order valence-corrected chi connectivity index (χ1v) is 8.61. The first-order chi connectivity index (χ1) is 11.6. The third kappa shape index (κ3) is 4.29. The van der Waals surface area contributed by atoms with E-state index >= 15 is 0 Å². The zero-order chi connectivity index (χ0) is 16.9. The predicted octanol–water partition coefficient (Wildman–Crippen LogP) is 4.77. The van der Waals surface area contributed by atoms with Gasteiger partial charge in [0.05, 0.1) is 22.7 Å². The lowest BCUT2D eigenvalue weighted by atomic mass is 10.3. The van der Waals surface area contributed by atoms with Gasteiger partial charge in [0.25, 0.3) is 0 Å². The Labute approximate surface area is 152 Å². The molecule has 0 unspecified atom stereocenters. The summed E-state index contributed by atoms with van der Waals surface area (Å²) in [6.07, 6.45) is 1.57. The van der Waals surface area contributed by atoms with Crippen LogP contribution in [0.15, 0.2) is 58.2 Å². The largest absolute Gasteiger partial charge is 0.463 e. The zero-order valence-corrected chi connectivity index (χ0v) is 14.5. The summed E-state index contributed by atoms with van der Waals surface area (Å²) in [6, 6.07) is 12.1. The molecule has 1 N–H and O–H groups in total. The normalized spacial score (nSPS) is 10.6. The van der Waals surface area contributed by atoms with Crippen LogP contribution in [0.3, 0.4) is 0 Å². The Hall–Kier alpha value is -2.02. The minimum atomic E-state index is -0.207. The number of nitrogens with one attached hydrogen (secondary N) is 1. The van der Waals surface area contributed by atoms with Crippen molar-refractivity contribution >= 4 is 46.6 Å². The molecule has 2 aromatic heterocycles. The van der Waals surface area contributed by atoms with Crippen LogP contribution in [0.5, 0.6) is 0 Å². The van der Waals surface area contributed by atoms with Crippen LogP contribution in [0.25, 0.3) is 11.5 Å². The Balaban J connectivity index is 1.57. The van der Waals surface area contributed by atoms with Crippen molar-refractivity contribution in [3.63, 3.8) is 0 Å². The van der Waals surface area contributed by atoms with Gasteiger partial charge >= 0.3 is 0 Å². The lowest BCUT2D eigenvalue weighted by Crippen LogP contribution is -2.14. The molecule has 5 nitrogen and oxygen atoms in total. The van der Waals surface area contributed by atoms with Gasteiger partial charge in [-0.3, -0.25) is 4.79 Å². The number of nitrogens with zero attached hydrogens (tertiary/aromatic N) is 2. The van der Waals surface area contributed by atoms with Crippen molar-refractivity contribution in [3.05, 3.63) is 58.8 Å². The van der Waals surface area contributed by atoms with E-state index < -0.39 is 0 Å². The van der Waals surface area contributed by atoms with Crippen molar-refractivity contribution in [1.29, 1.82) is 0 Å². The van der Waals surface area contributed by atoms with Gasteiger partial charge in [-0.15, -0.1) is 10.2 Å². The molecule has 0 spiro atoms. The van der Waals surface area contributed by atoms with Gasteiger partial charge in [0, 0.05) is 5.02 Å². The predicted molar refractivity (Wildman–Crippen MR) is 95.5 cm³/mol. The first-order valence-electron chi connectivity index (χ1n) is 6.87. The van der Waals surface area contributed by atoms with Gasteiger partial charge in [0.15, 0.2) is 5.76 Å². The Morgan fingerprint density at radius 3 is 2.75 bits per heavy atom. The number of thioether (sulfide) groups is 1. The molecule has 1 aromatic carbocycles. The molecule has 0 aliphatic heterocycles. The van der Waals surface area contributed by atoms with Crippen molar-refractivity contribution in [1.82, 2.24) is 10.2 Å². The van der Waals surface area contributed by atoms with Gasteiger partial charge in [-0.25, -0.2) is 0 Å². The maximum atomic E-state index is 12.0. The monoisotopic (exact) mass is 379 g/mol. The number of carbonyl (C=O) groups excluding carboxylic acids is 1. The minimum Gasteiger partial charge on any atom is -0.463 e. The molecular formula is C16H11Cl2N3O2S. The Morgan fingerprint density at radius 1 is 1.17 bits per heavy atom. The summed E-state index contributed by atoms with van der Waals surface area (Å²) >= 11 is 13.2. The number of hydrogen-bond acceptors (Lipinski definition) is 5. The second-order valence-electron chi connectivity index (χ2n) is 4.70. The van der Waals surface area contributed by atoms with Crippen LogP contribution in [-0.4, -0.2) is 21.9 Å². The van der Waals surface area contributed by atoms with Crippen LogP contribution < -0.4 is 5.32 Å². The lowest BCUT2D eigenvalue weighted by molar-refractivity contribution is -0.113. The van der Waals surface area contributed by atoms with Gasteiger partial charge in [0.1, 0.15) is 10.7 Å². The molecule has 24 heavy (non-hydrogen) atoms. The minimum absolute atomic E-state index is 0.178. The molecule has 122 valence electrons. The molecule has 0 bridgehead atoms. The SMILES string of the molecule is O=C(CSc1ccc(-c2ccco2)nn1)Nc1cc(Cl)ccc1Cl. The number of anilines is 1. The fraction of sp³-hybridized carbons (Fsp3) is 0.0625. The summed E-state index contributed by atoms with van der Waals surface area (Å²) < 4.78 is 5.25. The van der Waals surface area contributed by atoms with Crippen LogP contribution >= 0.6 is 35.0 Å². The fourth-order valence-corrected chi connectivity index (χ4v) is 2.82. The summed E-state index contributed by atoms with van der Waals surface area (Å²) in [7, 11) is 0. The molecule has 0 aliphatic rings. The van der Waals surface area contributed by atoms with Crippen molar-refractivity contribution < 1.29 is 9.21 Å². The number of carbonyl (C=O) groups is 1. The quantitative estimate of drug-likeness (QED) is 0.646. The second-order valence-corrected chi connectivity index (χ2v) is 6.53. The molecule has 0 saturated heterocycles. The highest BCUT2D eigenvalue weighted by Gasteiger charge is 2.09. The molecule has 0 saturated carbocycles. The molecule has 0 atom stereocenters. The van der Waals surface area contributed by atoms with Crippen LogP contribution in [0.1, 0.15) is 0 Å². The summed E-state index contributed by atoms with van der Waals surface area (Å²) in [6.45, 7) is 0. The number of hydrogen-bond donors (Lipinski definition) is 1. The summed E-state index contributed by atoms with van der Waals surface area (Å²) in [4.78, 5) is 12.0. The molecule has 8 heteroatoms. The van der Waals surface area contributed by atoms with E-state index in [9.17, 15) is 4.79 Å². The van der Waals surface area contributed by atoms with Crippen LogP contribution in [0, 0.1) is 0 Å². The smallest absolute Gasteiger partial charge is 0.234 e. The number of halogens is 2. The standard InChI is InChI=1S/C16H11Cl2N3O2S/c17-10-3-4-11(18)13(8-10)19-15(22)9-24-16-6-5-12(20-21-16)14-2-1-7-23-14/h1-8H,9H2,(H,19,22). The van der Waals surface area contributed by atoms with Gasteiger partial charge in [-0.05, 0) is 42.5 Å². The van der Waals surface area contributed by atoms with Gasteiger partial charge < -0.3 is 9.73 Å². The van der Waals surface area contributed by atoms with Crippen molar-refractivity contribution in [3.8, 4) is 11.5 Å². The third-order valence-electron chi connectivity index (χ3n) is 2.97. The highest BCUT2D eigenvalue weighted by molar-refractivity contribution is 7.99. The molecular weight excluding hydrogens is 369 g/mol. The summed E-state index contributed by atoms with van der Waals surface area (Å²) in [5.74, 6) is 0.617. The number of rotatable bonds is 5. The van der Waals surface area contributed by atoms with E-state index in [1.807, 2.05) is 0 Å². The number of furan rings is 1. The van der Waals surface area contributed by atoms with E-state index in [1.54, 1.807) is 48.7 Å². The van der Waals surface area contributed by atoms with Crippen molar-refractivity contribution in [2.75, 3.05) is 11.1 Å². The van der Waals surface area contributed by atoms with Gasteiger partial charge in [-0.1, -0.05) is 35.0 Å². The van der Waals surface area contributed by atoms with Crippen molar-refractivity contribution in [2.45, 2.75) is 5.03 Å². The van der Waals surface area contributed by atoms with E-state index in [-0.39, 0.29) is 11.7 Å². The van der Waals surface area contributed by atoms with E-state index in [2.05, 4.69) is 15.5 Å². The molecule has 0 aliphatic carbocycles. The van der Waals surface area contributed by atoms with Crippen LogP contribution in [0.2, 0.25) is 10.0 Å². The number of amides is 1. The average Bonchev–Trinajstić information content (AvgIpc) is 3.11. The maximum Gasteiger partial charge on any atom is 0.234 e. The highest BCUT2D eigenvalue weighted by atomic mass is 35.5. The molecule has 1 amide bonds. The molecule has 2 heterocycles. The Kier molecular flexibility index (Phi) is 5.40. The van der Waals surface area contributed by atoms with E-state index in [1.165, 1.54) is 11.8 Å². The summed E-state index contributed by atoms with van der Waals surface area (Å²) in [5, 5.41) is 12.4. The van der Waals surface area contributed by atoms with Crippen LogP contribution in [0.4, 0.5) is 5.69 Å².